The Bertz CT molecular complexity index is 1040. The van der Waals surface area contributed by atoms with E-state index in [1.807, 2.05) is 12.1 Å². The molecule has 28 heavy (non-hydrogen) atoms. The second-order valence-corrected chi connectivity index (χ2v) is 6.61. The smallest absolute Gasteiger partial charge is 0.338 e. The number of benzene rings is 3. The molecule has 3 aromatic rings. The molecule has 0 heterocycles. The van der Waals surface area contributed by atoms with Gasteiger partial charge in [0.1, 0.15) is 19.0 Å². The van der Waals surface area contributed by atoms with Gasteiger partial charge >= 0.3 is 5.97 Å². The molecule has 0 unspecified atom stereocenters. The first-order chi connectivity index (χ1) is 13.6. The first-order valence-electron chi connectivity index (χ1n) is 8.43. The second-order valence-electron chi connectivity index (χ2n) is 5.76. The van der Waals surface area contributed by atoms with Crippen LogP contribution in [0.5, 0.6) is 5.75 Å². The van der Waals surface area contributed by atoms with Crippen molar-refractivity contribution in [3.8, 4) is 22.9 Å². The molecule has 3 rings (SSSR count). The molecule has 0 saturated heterocycles. The molecule has 6 heteroatoms. The van der Waals surface area contributed by atoms with E-state index in [-0.39, 0.29) is 13.2 Å². The molecule has 0 N–H and O–H groups in total. The van der Waals surface area contributed by atoms with Gasteiger partial charge in [0.2, 0.25) is 0 Å². The van der Waals surface area contributed by atoms with Gasteiger partial charge in [0.25, 0.3) is 0 Å². The van der Waals surface area contributed by atoms with Gasteiger partial charge in [-0.25, -0.2) is 4.79 Å². The van der Waals surface area contributed by atoms with Crippen LogP contribution in [0.2, 0.25) is 10.0 Å². The number of ether oxygens (including phenoxy) is 2. The third-order valence-corrected chi connectivity index (χ3v) is 4.48. The Hall–Kier alpha value is -3.00. The predicted octanol–water partition coefficient (Wildman–Crippen LogP) is 5.77. The van der Waals surface area contributed by atoms with E-state index >= 15 is 0 Å². The van der Waals surface area contributed by atoms with Crippen molar-refractivity contribution >= 4 is 29.2 Å². The molecule has 0 saturated carbocycles. The summed E-state index contributed by atoms with van der Waals surface area (Å²) in [6.45, 7) is 0.191. The molecule has 4 nitrogen and oxygen atoms in total. The molecule has 0 aliphatic rings. The third-order valence-electron chi connectivity index (χ3n) is 3.95. The van der Waals surface area contributed by atoms with Crippen LogP contribution in [0.3, 0.4) is 0 Å². The van der Waals surface area contributed by atoms with E-state index in [1.165, 1.54) is 0 Å². The van der Waals surface area contributed by atoms with Crippen LogP contribution in [0.4, 0.5) is 0 Å². The van der Waals surface area contributed by atoms with E-state index in [1.54, 1.807) is 54.6 Å². The Labute approximate surface area is 172 Å². The lowest BCUT2D eigenvalue weighted by Gasteiger charge is -2.12. The van der Waals surface area contributed by atoms with E-state index in [9.17, 15) is 10.1 Å². The highest BCUT2D eigenvalue weighted by Gasteiger charge is 2.16. The molecule has 0 bridgehead atoms. The summed E-state index contributed by atoms with van der Waals surface area (Å²) in [4.78, 5) is 12.6. The van der Waals surface area contributed by atoms with Crippen LogP contribution < -0.4 is 4.74 Å². The fraction of sp³-hybridized carbons (Fsp3) is 0.0909. The van der Waals surface area contributed by atoms with Crippen molar-refractivity contribution in [2.24, 2.45) is 0 Å². The van der Waals surface area contributed by atoms with E-state index in [0.29, 0.717) is 38.0 Å². The van der Waals surface area contributed by atoms with Crippen LogP contribution in [-0.2, 0) is 4.74 Å². The molecular formula is C22H15Cl2NO3. The molecular weight excluding hydrogens is 397 g/mol. The number of halogens is 2. The lowest BCUT2D eigenvalue weighted by Crippen LogP contribution is -2.13. The van der Waals surface area contributed by atoms with Gasteiger partial charge in [0, 0.05) is 10.6 Å². The average molecular weight is 412 g/mol. The summed E-state index contributed by atoms with van der Waals surface area (Å²) in [5.41, 5.74) is 2.20. The molecule has 0 spiro atoms. The van der Waals surface area contributed by atoms with Crippen LogP contribution in [0.25, 0.3) is 11.1 Å². The molecule has 0 aromatic heterocycles. The summed E-state index contributed by atoms with van der Waals surface area (Å²) in [6.07, 6.45) is 0. The maximum Gasteiger partial charge on any atom is 0.338 e. The normalized spacial score (nSPS) is 10.2. The zero-order chi connectivity index (χ0) is 19.9. The molecule has 140 valence electrons. The maximum absolute atomic E-state index is 12.6. The molecule has 0 fully saturated rings. The van der Waals surface area contributed by atoms with Gasteiger partial charge in [-0.2, -0.15) is 5.26 Å². The van der Waals surface area contributed by atoms with Crippen molar-refractivity contribution in [3.63, 3.8) is 0 Å². The van der Waals surface area contributed by atoms with Crippen molar-refractivity contribution in [1.29, 1.82) is 5.26 Å². The van der Waals surface area contributed by atoms with Gasteiger partial charge in [-0.1, -0.05) is 59.6 Å². The van der Waals surface area contributed by atoms with Gasteiger partial charge in [-0.3, -0.25) is 0 Å². The van der Waals surface area contributed by atoms with Crippen LogP contribution >= 0.6 is 23.2 Å². The molecule has 0 amide bonds. The van der Waals surface area contributed by atoms with Gasteiger partial charge in [0.05, 0.1) is 22.2 Å². The van der Waals surface area contributed by atoms with Crippen molar-refractivity contribution in [3.05, 3.63) is 87.9 Å². The minimum atomic E-state index is -0.492. The largest absolute Gasteiger partial charge is 0.488 e. The Morgan fingerprint density at radius 3 is 2.39 bits per heavy atom. The summed E-state index contributed by atoms with van der Waals surface area (Å²) in [6, 6.07) is 21.2. The lowest BCUT2D eigenvalue weighted by atomic mass is 9.96. The van der Waals surface area contributed by atoms with Crippen molar-refractivity contribution in [2.75, 3.05) is 13.2 Å². The predicted molar refractivity (Wildman–Crippen MR) is 109 cm³/mol. The number of hydrogen-bond acceptors (Lipinski definition) is 4. The number of carbonyl (C=O) groups is 1. The fourth-order valence-electron chi connectivity index (χ4n) is 2.67. The third kappa shape index (κ3) is 4.64. The zero-order valence-electron chi connectivity index (χ0n) is 14.7. The Morgan fingerprint density at radius 1 is 0.929 bits per heavy atom. The molecule has 0 aliphatic carbocycles. The van der Waals surface area contributed by atoms with Gasteiger partial charge in [0.15, 0.2) is 0 Å². The standard InChI is InChI=1S/C22H15Cl2NO3/c23-16-9-10-21(20(24)13-16)27-11-12-28-22(26)19-8-4-3-7-18(19)17-6-2-1-5-15(17)14-25/h1-10,13H,11-12H2. The van der Waals surface area contributed by atoms with Crippen molar-refractivity contribution in [2.45, 2.75) is 0 Å². The summed E-state index contributed by atoms with van der Waals surface area (Å²) in [5.74, 6) is -0.0281. The van der Waals surface area contributed by atoms with Crippen molar-refractivity contribution < 1.29 is 14.3 Å². The zero-order valence-corrected chi connectivity index (χ0v) is 16.2. The number of esters is 1. The van der Waals surface area contributed by atoms with Crippen LogP contribution in [0, 0.1) is 11.3 Å². The van der Waals surface area contributed by atoms with Gasteiger partial charge in [-0.05, 0) is 35.9 Å². The van der Waals surface area contributed by atoms with E-state index < -0.39 is 5.97 Å². The highest BCUT2D eigenvalue weighted by molar-refractivity contribution is 6.35. The van der Waals surface area contributed by atoms with E-state index in [4.69, 9.17) is 32.7 Å². The highest BCUT2D eigenvalue weighted by Crippen LogP contribution is 2.28. The molecule has 0 aliphatic heterocycles. The van der Waals surface area contributed by atoms with Crippen molar-refractivity contribution in [1.82, 2.24) is 0 Å². The number of carbonyl (C=O) groups excluding carboxylic acids is 1. The van der Waals surface area contributed by atoms with Gasteiger partial charge in [-0.15, -0.1) is 0 Å². The van der Waals surface area contributed by atoms with E-state index in [0.717, 1.165) is 0 Å². The summed E-state index contributed by atoms with van der Waals surface area (Å²) < 4.78 is 10.9. The number of nitriles is 1. The number of hydrogen-bond donors (Lipinski definition) is 0. The molecule has 0 radical (unpaired) electrons. The van der Waals surface area contributed by atoms with Crippen LogP contribution in [-0.4, -0.2) is 19.2 Å². The summed E-state index contributed by atoms with van der Waals surface area (Å²) in [5, 5.41) is 10.2. The number of rotatable bonds is 6. The van der Waals surface area contributed by atoms with E-state index in [2.05, 4.69) is 6.07 Å². The topological polar surface area (TPSA) is 59.3 Å². The minimum Gasteiger partial charge on any atom is -0.488 e. The average Bonchev–Trinajstić information content (AvgIpc) is 2.72. The lowest BCUT2D eigenvalue weighted by molar-refractivity contribution is 0.0451. The first kappa shape index (κ1) is 19.8. The SMILES string of the molecule is N#Cc1ccccc1-c1ccccc1C(=O)OCCOc1ccc(Cl)cc1Cl. The molecule has 0 atom stereocenters. The Balaban J connectivity index is 1.68. The fourth-order valence-corrected chi connectivity index (χ4v) is 3.13. The Kier molecular flexibility index (Phi) is 6.54. The number of nitrogens with zero attached hydrogens (tertiary/aromatic N) is 1. The van der Waals surface area contributed by atoms with Gasteiger partial charge < -0.3 is 9.47 Å². The highest BCUT2D eigenvalue weighted by atomic mass is 35.5. The maximum atomic E-state index is 12.6. The molecule has 3 aromatic carbocycles. The monoisotopic (exact) mass is 411 g/mol. The quantitative estimate of drug-likeness (QED) is 0.381. The summed E-state index contributed by atoms with van der Waals surface area (Å²) >= 11 is 11.9. The first-order valence-corrected chi connectivity index (χ1v) is 9.19. The Morgan fingerprint density at radius 2 is 1.64 bits per heavy atom. The minimum absolute atomic E-state index is 0.0476. The second kappa shape index (κ2) is 9.27. The van der Waals surface area contributed by atoms with Crippen LogP contribution in [0.1, 0.15) is 15.9 Å². The van der Waals surface area contributed by atoms with Crippen LogP contribution in [0.15, 0.2) is 66.7 Å². The summed E-state index contributed by atoms with van der Waals surface area (Å²) in [7, 11) is 0.